The van der Waals surface area contributed by atoms with Gasteiger partial charge in [-0.05, 0) is 28.9 Å². The average molecular weight is 298 g/mol. The highest BCUT2D eigenvalue weighted by atomic mass is 79.9. The zero-order valence-corrected chi connectivity index (χ0v) is 9.97. The van der Waals surface area contributed by atoms with E-state index >= 15 is 0 Å². The van der Waals surface area contributed by atoms with Crippen molar-refractivity contribution in [3.8, 4) is 5.75 Å². The number of halogens is 3. The molecule has 1 N–H and O–H groups in total. The van der Waals surface area contributed by atoms with E-state index in [4.69, 9.17) is 21.4 Å². The van der Waals surface area contributed by atoms with Gasteiger partial charge in [0.2, 0.25) is 0 Å². The van der Waals surface area contributed by atoms with E-state index in [1.807, 2.05) is 0 Å². The zero-order valence-electron chi connectivity index (χ0n) is 7.63. The van der Waals surface area contributed by atoms with Gasteiger partial charge in [-0.1, -0.05) is 11.6 Å². The highest BCUT2D eigenvalue weighted by Gasteiger charge is 2.15. The molecule has 1 aromatic rings. The van der Waals surface area contributed by atoms with Crippen molar-refractivity contribution in [1.82, 2.24) is 0 Å². The van der Waals surface area contributed by atoms with Crippen molar-refractivity contribution in [2.24, 2.45) is 0 Å². The Labute approximate surface area is 98.9 Å². The van der Waals surface area contributed by atoms with Gasteiger partial charge < -0.3 is 9.84 Å². The summed E-state index contributed by atoms with van der Waals surface area (Å²) in [5.41, 5.74) is 0. The maximum absolute atomic E-state index is 13.0. The monoisotopic (exact) mass is 296 g/mol. The van der Waals surface area contributed by atoms with E-state index in [2.05, 4.69) is 15.9 Å². The predicted molar refractivity (Wildman–Crippen MR) is 56.8 cm³/mol. The molecule has 0 saturated carbocycles. The quantitative estimate of drug-likeness (QED) is 0.872. The van der Waals surface area contributed by atoms with E-state index in [0.29, 0.717) is 4.47 Å². The zero-order chi connectivity index (χ0) is 11.6. The van der Waals surface area contributed by atoms with Gasteiger partial charge in [-0.2, -0.15) is 0 Å². The molecule has 15 heavy (non-hydrogen) atoms. The second-order valence-corrected chi connectivity index (χ2v) is 4.06. The lowest BCUT2D eigenvalue weighted by Gasteiger charge is -2.12. The Bertz CT molecular complexity index is 397. The number of carboxylic acids is 1. The van der Waals surface area contributed by atoms with Crippen LogP contribution in [0.4, 0.5) is 4.39 Å². The molecule has 0 aliphatic rings. The van der Waals surface area contributed by atoms with Gasteiger partial charge in [-0.15, -0.1) is 0 Å². The van der Waals surface area contributed by atoms with Gasteiger partial charge in [0.25, 0.3) is 0 Å². The smallest absolute Gasteiger partial charge is 0.344 e. The summed E-state index contributed by atoms with van der Waals surface area (Å²) in [7, 11) is 0. The van der Waals surface area contributed by atoms with Crippen LogP contribution in [0, 0.1) is 5.82 Å². The van der Waals surface area contributed by atoms with Crippen molar-refractivity contribution in [2.75, 3.05) is 0 Å². The summed E-state index contributed by atoms with van der Waals surface area (Å²) in [5, 5.41) is 8.54. The molecule has 0 saturated heterocycles. The lowest BCUT2D eigenvalue weighted by molar-refractivity contribution is -0.144. The summed E-state index contributed by atoms with van der Waals surface area (Å²) in [6.07, 6.45) is -1.05. The molecule has 0 amide bonds. The molecule has 1 rings (SSSR count). The fourth-order valence-electron chi connectivity index (χ4n) is 0.835. The van der Waals surface area contributed by atoms with Crippen LogP contribution in [0.25, 0.3) is 0 Å². The number of rotatable bonds is 3. The Morgan fingerprint density at radius 1 is 1.67 bits per heavy atom. The molecule has 6 heteroatoms. The van der Waals surface area contributed by atoms with Crippen LogP contribution in [-0.2, 0) is 4.79 Å². The molecule has 0 bridgehead atoms. The molecule has 3 nitrogen and oxygen atoms in total. The molecule has 82 valence electrons. The van der Waals surface area contributed by atoms with Gasteiger partial charge in [0.15, 0.2) is 6.10 Å². The van der Waals surface area contributed by atoms with Gasteiger partial charge in [0, 0.05) is 6.07 Å². The molecule has 0 unspecified atom stereocenters. The van der Waals surface area contributed by atoms with Crippen LogP contribution in [0.2, 0.25) is 5.02 Å². The minimum Gasteiger partial charge on any atom is -0.479 e. The molecule has 1 atom stereocenters. The lowest BCUT2D eigenvalue weighted by Crippen LogP contribution is -2.23. The average Bonchev–Trinajstić information content (AvgIpc) is 2.13. The molecule has 0 fully saturated rings. The number of ether oxygens (including phenoxy) is 1. The van der Waals surface area contributed by atoms with Crippen LogP contribution in [0.3, 0.4) is 0 Å². The summed E-state index contributed by atoms with van der Waals surface area (Å²) in [6, 6.07) is 2.34. The van der Waals surface area contributed by atoms with E-state index in [0.717, 1.165) is 6.07 Å². The number of aliphatic carboxylic acids is 1. The Morgan fingerprint density at radius 3 is 2.80 bits per heavy atom. The van der Waals surface area contributed by atoms with Crippen LogP contribution in [-0.4, -0.2) is 17.2 Å². The minimum absolute atomic E-state index is 0.0581. The summed E-state index contributed by atoms with van der Waals surface area (Å²) in [4.78, 5) is 10.5. The highest BCUT2D eigenvalue weighted by molar-refractivity contribution is 9.10. The maximum atomic E-state index is 13.0. The Kier molecular flexibility index (Phi) is 3.93. The standard InChI is InChI=1S/C9H7BrClFO3/c1-4(9(13)14)15-8-3-7(12)6(11)2-5(8)10/h2-4H,1H3,(H,13,14)/t4-/m1/s1. The highest BCUT2D eigenvalue weighted by Crippen LogP contribution is 2.31. The SMILES string of the molecule is C[C@@H](Oc1cc(F)c(Cl)cc1Br)C(=O)O. The fourth-order valence-corrected chi connectivity index (χ4v) is 1.57. The number of hydrogen-bond donors (Lipinski definition) is 1. The van der Waals surface area contributed by atoms with Gasteiger partial charge in [0.05, 0.1) is 9.50 Å². The second kappa shape index (κ2) is 4.81. The Hall–Kier alpha value is -0.810. The van der Waals surface area contributed by atoms with Crippen molar-refractivity contribution < 1.29 is 19.0 Å². The maximum Gasteiger partial charge on any atom is 0.344 e. The third-order valence-corrected chi connectivity index (χ3v) is 2.54. The third kappa shape index (κ3) is 3.07. The van der Waals surface area contributed by atoms with Gasteiger partial charge in [-0.25, -0.2) is 9.18 Å². The molecule has 0 aromatic heterocycles. The van der Waals surface area contributed by atoms with Crippen LogP contribution in [0.5, 0.6) is 5.75 Å². The van der Waals surface area contributed by atoms with E-state index < -0.39 is 17.9 Å². The van der Waals surface area contributed by atoms with Crippen molar-refractivity contribution in [1.29, 1.82) is 0 Å². The molecular formula is C9H7BrClFO3. The number of benzene rings is 1. The van der Waals surface area contributed by atoms with Crippen molar-refractivity contribution in [2.45, 2.75) is 13.0 Å². The van der Waals surface area contributed by atoms with Gasteiger partial charge >= 0.3 is 5.97 Å². The van der Waals surface area contributed by atoms with Crippen molar-refractivity contribution in [3.63, 3.8) is 0 Å². The molecular weight excluding hydrogens is 290 g/mol. The van der Waals surface area contributed by atoms with Gasteiger partial charge in [-0.3, -0.25) is 0 Å². The van der Waals surface area contributed by atoms with Crippen LogP contribution in [0.1, 0.15) is 6.92 Å². The van der Waals surface area contributed by atoms with E-state index in [1.54, 1.807) is 0 Å². The fraction of sp³-hybridized carbons (Fsp3) is 0.222. The van der Waals surface area contributed by atoms with Gasteiger partial charge in [0.1, 0.15) is 11.6 Å². The molecule has 0 radical (unpaired) electrons. The Balaban J connectivity index is 2.95. The number of carbonyl (C=O) groups is 1. The summed E-state index contributed by atoms with van der Waals surface area (Å²) in [6.45, 7) is 1.35. The van der Waals surface area contributed by atoms with Crippen LogP contribution < -0.4 is 4.74 Å². The molecule has 0 aliphatic carbocycles. The molecule has 0 spiro atoms. The van der Waals surface area contributed by atoms with E-state index in [-0.39, 0.29) is 10.8 Å². The first kappa shape index (κ1) is 12.3. The van der Waals surface area contributed by atoms with Crippen LogP contribution in [0.15, 0.2) is 16.6 Å². The first-order valence-corrected chi connectivity index (χ1v) is 5.13. The predicted octanol–water partition coefficient (Wildman–Crippen LogP) is 3.09. The van der Waals surface area contributed by atoms with Crippen molar-refractivity contribution in [3.05, 3.63) is 27.4 Å². The Morgan fingerprint density at radius 2 is 2.27 bits per heavy atom. The first-order valence-electron chi connectivity index (χ1n) is 3.96. The number of hydrogen-bond acceptors (Lipinski definition) is 2. The topological polar surface area (TPSA) is 46.5 Å². The molecule has 1 aromatic carbocycles. The summed E-state index contributed by atoms with van der Waals surface area (Å²) in [5.74, 6) is -1.68. The van der Waals surface area contributed by atoms with E-state index in [1.165, 1.54) is 13.0 Å². The van der Waals surface area contributed by atoms with Crippen molar-refractivity contribution >= 4 is 33.5 Å². The van der Waals surface area contributed by atoms with E-state index in [9.17, 15) is 9.18 Å². The summed E-state index contributed by atoms with van der Waals surface area (Å²) >= 11 is 8.60. The third-order valence-electron chi connectivity index (χ3n) is 1.63. The largest absolute Gasteiger partial charge is 0.479 e. The lowest BCUT2D eigenvalue weighted by atomic mass is 10.3. The number of carboxylic acid groups (broad SMARTS) is 1. The first-order chi connectivity index (χ1) is 6.91. The molecule has 0 heterocycles. The van der Waals surface area contributed by atoms with Crippen LogP contribution >= 0.6 is 27.5 Å². The second-order valence-electron chi connectivity index (χ2n) is 2.80. The minimum atomic E-state index is -1.13. The summed E-state index contributed by atoms with van der Waals surface area (Å²) < 4.78 is 18.4. The normalized spacial score (nSPS) is 12.3. The molecule has 0 aliphatic heterocycles.